The molecule has 0 spiro atoms. The Bertz CT molecular complexity index is 1090. The number of rotatable bonds is 7. The van der Waals surface area contributed by atoms with Crippen molar-refractivity contribution in [1.29, 1.82) is 0 Å². The summed E-state index contributed by atoms with van der Waals surface area (Å²) < 4.78 is 6.18. The van der Waals surface area contributed by atoms with Crippen molar-refractivity contribution in [3.05, 3.63) is 127 Å². The smallest absolute Gasteiger partial charge is 0.360 e. The third kappa shape index (κ3) is 4.25. The molecule has 4 aromatic rings. The summed E-state index contributed by atoms with van der Waals surface area (Å²) in [6, 6.07) is 39.2. The highest BCUT2D eigenvalue weighted by Gasteiger charge is 2.34. The van der Waals surface area contributed by atoms with Gasteiger partial charge >= 0.3 is 5.97 Å². The fraction of sp³-hybridized carbons (Fsp3) is 0.0370. The Hall–Kier alpha value is -3.39. The van der Waals surface area contributed by atoms with Crippen LogP contribution in [-0.2, 0) is 16.1 Å². The topological polar surface area (TPSA) is 46.5 Å². The molecule has 4 aromatic carbocycles. The van der Waals surface area contributed by atoms with Gasteiger partial charge in [0.2, 0.25) is 0 Å². The van der Waals surface area contributed by atoms with E-state index in [0.717, 1.165) is 21.5 Å². The second-order valence-electron chi connectivity index (χ2n) is 7.06. The van der Waals surface area contributed by atoms with Crippen LogP contribution in [0.25, 0.3) is 0 Å². The van der Waals surface area contributed by atoms with Gasteiger partial charge in [0, 0.05) is 6.89 Å². The number of carboxylic acid groups (broad SMARTS) is 1. The number of carbonyl (C=O) groups is 1. The lowest BCUT2D eigenvalue weighted by Crippen LogP contribution is -2.34. The Kier molecular flexibility index (Phi) is 6.47. The highest BCUT2D eigenvalue weighted by atomic mass is 31.2. The van der Waals surface area contributed by atoms with Crippen LogP contribution in [0.2, 0.25) is 0 Å². The fourth-order valence-corrected chi connectivity index (χ4v) is 7.78. The molecule has 0 aliphatic carbocycles. The van der Waals surface area contributed by atoms with Crippen LogP contribution in [0.1, 0.15) is 5.56 Å². The maximum Gasteiger partial charge on any atom is 0.360 e. The van der Waals surface area contributed by atoms with Crippen molar-refractivity contribution in [2.75, 3.05) is 0 Å². The molecule has 0 aliphatic rings. The van der Waals surface area contributed by atoms with E-state index in [-0.39, 0.29) is 12.1 Å². The summed E-state index contributed by atoms with van der Waals surface area (Å²) in [5.41, 5.74) is 1.01. The second-order valence-corrected chi connectivity index (χ2v) is 10.4. The molecule has 3 nitrogen and oxygen atoms in total. The molecule has 0 bridgehead atoms. The third-order valence-corrected chi connectivity index (χ3v) is 9.28. The summed E-state index contributed by atoms with van der Waals surface area (Å²) in [4.78, 5) is 12.8. The number of hydrogen-bond donors (Lipinski definition) is 1. The van der Waals surface area contributed by atoms with Gasteiger partial charge < -0.3 is 9.84 Å². The first-order valence-electron chi connectivity index (χ1n) is 10.1. The van der Waals surface area contributed by atoms with Crippen LogP contribution >= 0.6 is 6.89 Å². The Morgan fingerprint density at radius 2 is 0.968 bits per heavy atom. The molecule has 0 aromatic heterocycles. The number of aliphatic carboxylic acids is 1. The molecule has 154 valence electrons. The highest BCUT2D eigenvalue weighted by Crippen LogP contribution is 2.46. The van der Waals surface area contributed by atoms with E-state index in [0.29, 0.717) is 0 Å². The van der Waals surface area contributed by atoms with Gasteiger partial charge in [-0.25, -0.2) is 4.79 Å². The molecule has 31 heavy (non-hydrogen) atoms. The van der Waals surface area contributed by atoms with Gasteiger partial charge in [-0.1, -0.05) is 121 Å². The number of carboxylic acids is 1. The van der Waals surface area contributed by atoms with Crippen molar-refractivity contribution in [3.63, 3.8) is 0 Å². The Morgan fingerprint density at radius 3 is 1.32 bits per heavy atom. The van der Waals surface area contributed by atoms with Gasteiger partial charge in [-0.05, 0) is 21.5 Å². The standard InChI is InChI=1S/C27H23O3P/c28-26(29)27(30-21-22-13-5-1-6-14-22)31(23-15-7-2-8-16-23,24-17-9-3-10-18-24)25-19-11-4-12-20-25/h1-20H,21H2,(H,28,29). The third-order valence-electron chi connectivity index (χ3n) is 5.14. The lowest BCUT2D eigenvalue weighted by Gasteiger charge is -2.30. The molecular weight excluding hydrogens is 403 g/mol. The minimum absolute atomic E-state index is 0.0833. The van der Waals surface area contributed by atoms with Crippen LogP contribution in [0.5, 0.6) is 0 Å². The molecule has 4 rings (SSSR count). The van der Waals surface area contributed by atoms with E-state index in [1.807, 2.05) is 121 Å². The molecule has 4 heteroatoms. The molecule has 1 N–H and O–H groups in total. The second kappa shape index (κ2) is 9.61. The predicted octanol–water partition coefficient (Wildman–Crippen LogP) is 4.41. The van der Waals surface area contributed by atoms with E-state index in [9.17, 15) is 9.90 Å². The van der Waals surface area contributed by atoms with Crippen LogP contribution in [0, 0.1) is 0 Å². The summed E-state index contributed by atoms with van der Waals surface area (Å²) in [7, 11) is 0. The minimum atomic E-state index is -2.76. The summed E-state index contributed by atoms with van der Waals surface area (Å²) in [5, 5.41) is 13.3. The van der Waals surface area contributed by atoms with Crippen LogP contribution in [0.3, 0.4) is 0 Å². The molecule has 0 unspecified atom stereocenters. The molecule has 0 aliphatic heterocycles. The van der Waals surface area contributed by atoms with E-state index < -0.39 is 12.9 Å². The summed E-state index contributed by atoms with van der Waals surface area (Å²) >= 11 is 0. The first-order valence-corrected chi connectivity index (χ1v) is 11.9. The van der Waals surface area contributed by atoms with Gasteiger partial charge in [0.25, 0.3) is 0 Å². The molecular formula is C27H23O3P. The first-order chi connectivity index (χ1) is 15.2. The minimum Gasteiger partial charge on any atom is -0.476 e. The van der Waals surface area contributed by atoms with Crippen molar-refractivity contribution in [1.82, 2.24) is 0 Å². The van der Waals surface area contributed by atoms with Crippen molar-refractivity contribution in [3.8, 4) is 0 Å². The number of benzene rings is 4. The number of ether oxygens (including phenoxy) is 1. The van der Waals surface area contributed by atoms with Gasteiger partial charge in [0.05, 0.1) is 6.61 Å². The largest absolute Gasteiger partial charge is 0.476 e. The predicted molar refractivity (Wildman–Crippen MR) is 129 cm³/mol. The molecule has 0 saturated heterocycles. The van der Waals surface area contributed by atoms with E-state index in [1.54, 1.807) is 0 Å². The maximum atomic E-state index is 12.8. The molecule has 0 heterocycles. The van der Waals surface area contributed by atoms with Crippen molar-refractivity contribution in [2.45, 2.75) is 6.61 Å². The molecule has 0 amide bonds. The van der Waals surface area contributed by atoms with Gasteiger partial charge in [-0.15, -0.1) is 0 Å². The highest BCUT2D eigenvalue weighted by molar-refractivity contribution is 7.96. The SMILES string of the molecule is O=C(O)C(OCc1ccccc1)=P(c1ccccc1)(c1ccccc1)c1ccccc1. The average Bonchev–Trinajstić information content (AvgIpc) is 2.84. The van der Waals surface area contributed by atoms with Crippen LogP contribution in [0.4, 0.5) is 0 Å². The molecule has 0 radical (unpaired) electrons. The average molecular weight is 426 g/mol. The molecule has 0 saturated carbocycles. The van der Waals surface area contributed by atoms with Crippen molar-refractivity contribution < 1.29 is 14.6 Å². The van der Waals surface area contributed by atoms with Crippen molar-refractivity contribution in [2.24, 2.45) is 0 Å². The van der Waals surface area contributed by atoms with Gasteiger partial charge in [0.15, 0.2) is 5.48 Å². The lowest BCUT2D eigenvalue weighted by atomic mass is 10.2. The number of hydrogen-bond acceptors (Lipinski definition) is 2. The van der Waals surface area contributed by atoms with E-state index in [1.165, 1.54) is 0 Å². The first kappa shape index (κ1) is 20.9. The van der Waals surface area contributed by atoms with Gasteiger partial charge in [-0.3, -0.25) is 0 Å². The Balaban J connectivity index is 2.07. The monoisotopic (exact) mass is 426 g/mol. The quantitative estimate of drug-likeness (QED) is 0.445. The maximum absolute atomic E-state index is 12.8. The molecule has 0 atom stereocenters. The van der Waals surface area contributed by atoms with E-state index >= 15 is 0 Å². The fourth-order valence-electron chi connectivity index (χ4n) is 3.78. The summed E-state index contributed by atoms with van der Waals surface area (Å²) in [6.45, 7) is -2.57. The zero-order chi connectivity index (χ0) is 21.5. The van der Waals surface area contributed by atoms with Crippen LogP contribution < -0.4 is 15.9 Å². The van der Waals surface area contributed by atoms with Crippen molar-refractivity contribution >= 4 is 34.2 Å². The Labute approximate surface area is 182 Å². The summed E-state index contributed by atoms with van der Waals surface area (Å²) in [6.07, 6.45) is 0. The lowest BCUT2D eigenvalue weighted by molar-refractivity contribution is -0.130. The van der Waals surface area contributed by atoms with Gasteiger partial charge in [0.1, 0.15) is 0 Å². The zero-order valence-electron chi connectivity index (χ0n) is 17.0. The normalized spacial score (nSPS) is 11.1. The Morgan fingerprint density at radius 1 is 0.613 bits per heavy atom. The van der Waals surface area contributed by atoms with Crippen LogP contribution in [0.15, 0.2) is 121 Å². The summed E-state index contributed by atoms with van der Waals surface area (Å²) in [5.74, 6) is -1.04. The van der Waals surface area contributed by atoms with E-state index in [2.05, 4.69) is 0 Å². The van der Waals surface area contributed by atoms with Crippen LogP contribution in [-0.4, -0.2) is 16.6 Å². The van der Waals surface area contributed by atoms with Gasteiger partial charge in [-0.2, -0.15) is 0 Å². The molecule has 0 fully saturated rings. The van der Waals surface area contributed by atoms with E-state index in [4.69, 9.17) is 4.74 Å². The zero-order valence-corrected chi connectivity index (χ0v) is 17.9.